The minimum Gasteiger partial charge on any atom is -0.356 e. The molecule has 1 spiro atoms. The maximum Gasteiger partial charge on any atom is 0.147 e. The molecule has 4 saturated carbocycles. The van der Waals surface area contributed by atoms with Crippen molar-refractivity contribution in [1.82, 2.24) is 0 Å². The Balaban J connectivity index is 1.64. The monoisotopic (exact) mass is 203 g/mol. The van der Waals surface area contributed by atoms with Crippen molar-refractivity contribution in [3.63, 3.8) is 0 Å². The maximum absolute atomic E-state index is 8.85. The smallest absolute Gasteiger partial charge is 0.147 e. The molecule has 2 nitrogen and oxygen atoms in total. The third-order valence-electron chi connectivity index (χ3n) is 5.53. The molecular formula is C13H17NO. The number of rotatable bonds is 0. The topological polar surface area (TPSA) is 33.0 Å². The van der Waals surface area contributed by atoms with Gasteiger partial charge in [-0.2, -0.15) is 5.26 Å². The van der Waals surface area contributed by atoms with E-state index in [1.54, 1.807) is 0 Å². The van der Waals surface area contributed by atoms with Gasteiger partial charge in [-0.3, -0.25) is 0 Å². The average molecular weight is 203 g/mol. The van der Waals surface area contributed by atoms with Crippen LogP contribution >= 0.6 is 0 Å². The first-order valence-corrected chi connectivity index (χ1v) is 6.37. The van der Waals surface area contributed by atoms with Gasteiger partial charge in [0.05, 0.1) is 11.7 Å². The zero-order chi connectivity index (χ0) is 10.0. The molecule has 2 heteroatoms. The van der Waals surface area contributed by atoms with Gasteiger partial charge in [0.2, 0.25) is 0 Å². The van der Waals surface area contributed by atoms with Gasteiger partial charge in [0.15, 0.2) is 0 Å². The highest BCUT2D eigenvalue weighted by Gasteiger charge is 2.63. The predicted octanol–water partition coefficient (Wildman–Crippen LogP) is 2.49. The highest BCUT2D eigenvalue weighted by atomic mass is 16.5. The normalized spacial score (nSPS) is 60.3. The van der Waals surface area contributed by atoms with Gasteiger partial charge < -0.3 is 4.74 Å². The summed E-state index contributed by atoms with van der Waals surface area (Å²) in [6.07, 6.45) is 8.03. The summed E-state index contributed by atoms with van der Waals surface area (Å²) in [4.78, 5) is 0. The molecule has 0 N–H and O–H groups in total. The Morgan fingerprint density at radius 2 is 1.53 bits per heavy atom. The van der Waals surface area contributed by atoms with Crippen molar-refractivity contribution in [3.8, 4) is 6.07 Å². The SMILES string of the molecule is N#CC1CC2(O1)C1CC3CC(C1)CC2C3. The molecule has 1 aliphatic heterocycles. The molecule has 0 radical (unpaired) electrons. The first-order chi connectivity index (χ1) is 7.30. The Labute approximate surface area is 90.6 Å². The van der Waals surface area contributed by atoms with E-state index >= 15 is 0 Å². The molecule has 1 atom stereocenters. The fourth-order valence-electron chi connectivity index (χ4n) is 5.12. The van der Waals surface area contributed by atoms with Crippen molar-refractivity contribution in [1.29, 1.82) is 5.26 Å². The molecule has 5 aliphatic rings. The quantitative estimate of drug-likeness (QED) is 0.606. The van der Waals surface area contributed by atoms with Gasteiger partial charge in [-0.05, 0) is 55.8 Å². The highest BCUT2D eigenvalue weighted by Crippen LogP contribution is 2.64. The summed E-state index contributed by atoms with van der Waals surface area (Å²) in [5.41, 5.74) is 0.174. The van der Waals surface area contributed by atoms with E-state index in [1.807, 2.05) is 0 Å². The van der Waals surface area contributed by atoms with Crippen molar-refractivity contribution >= 4 is 0 Å². The van der Waals surface area contributed by atoms with Crippen LogP contribution in [0.2, 0.25) is 0 Å². The summed E-state index contributed by atoms with van der Waals surface area (Å²) >= 11 is 0. The van der Waals surface area contributed by atoms with Crippen LogP contribution in [0.3, 0.4) is 0 Å². The van der Waals surface area contributed by atoms with Crippen molar-refractivity contribution in [3.05, 3.63) is 0 Å². The zero-order valence-electron chi connectivity index (χ0n) is 8.98. The van der Waals surface area contributed by atoms with Gasteiger partial charge in [-0.15, -0.1) is 0 Å². The van der Waals surface area contributed by atoms with Gasteiger partial charge in [0, 0.05) is 6.42 Å². The zero-order valence-corrected chi connectivity index (χ0v) is 8.98. The third-order valence-corrected chi connectivity index (χ3v) is 5.53. The lowest BCUT2D eigenvalue weighted by atomic mass is 9.47. The molecule has 0 amide bonds. The third kappa shape index (κ3) is 0.934. The first kappa shape index (κ1) is 8.58. The molecule has 5 fully saturated rings. The van der Waals surface area contributed by atoms with Gasteiger partial charge in [-0.25, -0.2) is 0 Å². The molecular weight excluding hydrogens is 186 g/mol. The maximum atomic E-state index is 8.85. The number of hydrogen-bond donors (Lipinski definition) is 0. The van der Waals surface area contributed by atoms with Crippen LogP contribution in [0.15, 0.2) is 0 Å². The number of nitriles is 1. The van der Waals surface area contributed by atoms with E-state index in [0.29, 0.717) is 0 Å². The minimum atomic E-state index is -0.0810. The van der Waals surface area contributed by atoms with Crippen LogP contribution in [0.4, 0.5) is 0 Å². The predicted molar refractivity (Wildman–Crippen MR) is 54.9 cm³/mol. The van der Waals surface area contributed by atoms with Crippen LogP contribution in [0.5, 0.6) is 0 Å². The molecule has 1 heterocycles. The molecule has 15 heavy (non-hydrogen) atoms. The van der Waals surface area contributed by atoms with E-state index in [1.165, 1.54) is 32.1 Å². The van der Waals surface area contributed by atoms with E-state index in [0.717, 1.165) is 30.1 Å². The van der Waals surface area contributed by atoms with Gasteiger partial charge >= 0.3 is 0 Å². The molecule has 1 saturated heterocycles. The largest absolute Gasteiger partial charge is 0.356 e. The summed E-state index contributed by atoms with van der Waals surface area (Å²) < 4.78 is 5.99. The average Bonchev–Trinajstić information content (AvgIpc) is 2.14. The van der Waals surface area contributed by atoms with Crippen LogP contribution < -0.4 is 0 Å². The Morgan fingerprint density at radius 1 is 1.00 bits per heavy atom. The molecule has 0 aromatic heterocycles. The molecule has 80 valence electrons. The molecule has 0 aromatic rings. The molecule has 1 unspecified atom stereocenters. The lowest BCUT2D eigenvalue weighted by molar-refractivity contribution is -0.290. The lowest BCUT2D eigenvalue weighted by Gasteiger charge is -2.65. The van der Waals surface area contributed by atoms with E-state index in [2.05, 4.69) is 6.07 Å². The summed E-state index contributed by atoms with van der Waals surface area (Å²) in [6, 6.07) is 2.26. The van der Waals surface area contributed by atoms with Crippen LogP contribution in [0.25, 0.3) is 0 Å². The van der Waals surface area contributed by atoms with E-state index in [9.17, 15) is 0 Å². The van der Waals surface area contributed by atoms with Gasteiger partial charge in [-0.1, -0.05) is 0 Å². The Morgan fingerprint density at radius 3 is 2.00 bits per heavy atom. The van der Waals surface area contributed by atoms with E-state index in [-0.39, 0.29) is 11.7 Å². The second-order valence-corrected chi connectivity index (χ2v) is 6.20. The Kier molecular flexibility index (Phi) is 1.47. The second kappa shape index (κ2) is 2.58. The van der Waals surface area contributed by atoms with Crippen molar-refractivity contribution in [2.75, 3.05) is 0 Å². The highest BCUT2D eigenvalue weighted by molar-refractivity contribution is 5.15. The summed E-state index contributed by atoms with van der Waals surface area (Å²) in [7, 11) is 0. The van der Waals surface area contributed by atoms with Crippen molar-refractivity contribution in [2.45, 2.75) is 50.2 Å². The fraction of sp³-hybridized carbons (Fsp3) is 0.923. The Hall–Kier alpha value is -0.550. The fourth-order valence-corrected chi connectivity index (χ4v) is 5.12. The standard InChI is InChI=1S/C13H17NO/c14-7-12-6-13(15-12)10-2-8-1-9(4-10)5-11(13)3-8/h8-12H,1-6H2. The van der Waals surface area contributed by atoms with Crippen molar-refractivity contribution in [2.24, 2.45) is 23.7 Å². The van der Waals surface area contributed by atoms with Gasteiger partial charge in [0.25, 0.3) is 0 Å². The molecule has 4 bridgehead atoms. The minimum absolute atomic E-state index is 0.0810. The van der Waals surface area contributed by atoms with E-state index < -0.39 is 0 Å². The first-order valence-electron chi connectivity index (χ1n) is 6.37. The van der Waals surface area contributed by atoms with E-state index in [4.69, 9.17) is 10.00 Å². The number of ether oxygens (including phenoxy) is 1. The van der Waals surface area contributed by atoms with Crippen molar-refractivity contribution < 1.29 is 4.74 Å². The number of nitrogens with zero attached hydrogens (tertiary/aromatic N) is 1. The lowest BCUT2D eigenvalue weighted by Crippen LogP contribution is -2.66. The summed E-state index contributed by atoms with van der Waals surface area (Å²) in [6.45, 7) is 0. The second-order valence-electron chi connectivity index (χ2n) is 6.20. The molecule has 0 aromatic carbocycles. The Bertz CT molecular complexity index is 307. The summed E-state index contributed by atoms with van der Waals surface area (Å²) in [5, 5.41) is 8.85. The molecule has 4 aliphatic carbocycles. The van der Waals surface area contributed by atoms with Gasteiger partial charge in [0.1, 0.15) is 6.10 Å². The van der Waals surface area contributed by atoms with Crippen LogP contribution in [0, 0.1) is 35.0 Å². The van der Waals surface area contributed by atoms with Crippen LogP contribution in [0.1, 0.15) is 38.5 Å². The summed E-state index contributed by atoms with van der Waals surface area (Å²) in [5.74, 6) is 3.61. The number of hydrogen-bond acceptors (Lipinski definition) is 2. The van der Waals surface area contributed by atoms with Crippen LogP contribution in [-0.4, -0.2) is 11.7 Å². The molecule has 5 rings (SSSR count). The van der Waals surface area contributed by atoms with Crippen LogP contribution in [-0.2, 0) is 4.74 Å².